The van der Waals surface area contributed by atoms with E-state index in [1.54, 1.807) is 54.6 Å². The average molecular weight is 730 g/mol. The van der Waals surface area contributed by atoms with Gasteiger partial charge in [-0.1, -0.05) is 58.5 Å². The number of aromatic amines is 2. The van der Waals surface area contributed by atoms with Gasteiger partial charge in [0.1, 0.15) is 0 Å². The van der Waals surface area contributed by atoms with Crippen molar-refractivity contribution in [1.82, 2.24) is 19.1 Å². The van der Waals surface area contributed by atoms with E-state index < -0.39 is 21.9 Å². The number of benzene rings is 4. The van der Waals surface area contributed by atoms with E-state index in [2.05, 4.69) is 9.97 Å². The minimum atomic E-state index is -0.636. The van der Waals surface area contributed by atoms with Crippen molar-refractivity contribution in [3.8, 4) is 0 Å². The van der Waals surface area contributed by atoms with Crippen molar-refractivity contribution in [3.05, 3.63) is 156 Å². The van der Waals surface area contributed by atoms with E-state index >= 15 is 0 Å². The van der Waals surface area contributed by atoms with E-state index in [9.17, 15) is 29.3 Å². The third-order valence-corrected chi connectivity index (χ3v) is 8.60. The molecule has 6 rings (SSSR count). The number of hydrogen-bond acceptors (Lipinski definition) is 7. The molecule has 4 aromatic carbocycles. The molecule has 0 amide bonds. The number of anilines is 1. The van der Waals surface area contributed by atoms with Gasteiger partial charge in [-0.05, 0) is 72.5 Å². The maximum Gasteiger partial charge on any atom is 0.328 e. The number of fused-ring (bicyclic) bond motifs is 2. The lowest BCUT2D eigenvalue weighted by atomic mass is 10.1. The molecule has 2 aromatic heterocycles. The van der Waals surface area contributed by atoms with Gasteiger partial charge in [-0.25, -0.2) is 9.59 Å². The third kappa shape index (κ3) is 7.63. The summed E-state index contributed by atoms with van der Waals surface area (Å²) in [5, 5.41) is 13.4. The van der Waals surface area contributed by atoms with Gasteiger partial charge < -0.3 is 15.7 Å². The van der Waals surface area contributed by atoms with Gasteiger partial charge in [0.05, 0.1) is 26.7 Å². The predicted octanol–water partition coefficient (Wildman–Crippen LogP) is 5.97. The molecule has 4 N–H and O–H groups in total. The highest BCUT2D eigenvalue weighted by Gasteiger charge is 2.13. The molecule has 0 aliphatic carbocycles. The number of rotatable bonds is 7. The van der Waals surface area contributed by atoms with Gasteiger partial charge in [0, 0.05) is 51.0 Å². The smallest absolute Gasteiger partial charge is 0.328 e. The number of non-ortho nitro benzene ring substituents is 1. The number of H-pyrrole nitrogens is 2. The molecule has 0 unspecified atom stereocenters. The summed E-state index contributed by atoms with van der Waals surface area (Å²) in [7, 11) is 0. The molecule has 0 spiro atoms. The number of aryl methyl sites for hydroxylation is 2. The van der Waals surface area contributed by atoms with Crippen LogP contribution in [0.3, 0.4) is 0 Å². The molecule has 0 fully saturated rings. The van der Waals surface area contributed by atoms with E-state index in [4.69, 9.17) is 52.1 Å². The first-order chi connectivity index (χ1) is 22.8. The summed E-state index contributed by atoms with van der Waals surface area (Å²) in [5.74, 6) is 0. The Balaban J connectivity index is 0.000000188. The number of halogens is 4. The van der Waals surface area contributed by atoms with Crippen LogP contribution in [0.1, 0.15) is 11.1 Å². The molecule has 246 valence electrons. The lowest BCUT2D eigenvalue weighted by molar-refractivity contribution is -0.384. The predicted molar refractivity (Wildman–Crippen MR) is 189 cm³/mol. The highest BCUT2D eigenvalue weighted by atomic mass is 35.5. The fourth-order valence-electron chi connectivity index (χ4n) is 4.95. The number of nitrogens with one attached hydrogen (secondary N) is 2. The molecule has 0 aliphatic heterocycles. The molecule has 0 saturated carbocycles. The fourth-order valence-corrected chi connectivity index (χ4v) is 5.95. The van der Waals surface area contributed by atoms with Crippen molar-refractivity contribution in [1.29, 1.82) is 0 Å². The first-order valence-corrected chi connectivity index (χ1v) is 15.6. The zero-order valence-corrected chi connectivity index (χ0v) is 27.7. The highest BCUT2D eigenvalue weighted by molar-refractivity contribution is 6.35. The zero-order chi connectivity index (χ0) is 34.7. The van der Waals surface area contributed by atoms with Crippen LogP contribution in [0.4, 0.5) is 11.4 Å². The van der Waals surface area contributed by atoms with Crippen molar-refractivity contribution < 1.29 is 4.92 Å². The van der Waals surface area contributed by atoms with Crippen LogP contribution >= 0.6 is 46.4 Å². The van der Waals surface area contributed by atoms with Crippen molar-refractivity contribution in [3.63, 3.8) is 0 Å². The van der Waals surface area contributed by atoms with Crippen molar-refractivity contribution in [2.45, 2.75) is 25.9 Å². The molecule has 2 heterocycles. The van der Waals surface area contributed by atoms with Crippen molar-refractivity contribution in [2.75, 3.05) is 5.73 Å². The van der Waals surface area contributed by atoms with E-state index in [1.807, 2.05) is 0 Å². The largest absolute Gasteiger partial charge is 0.399 e. The fraction of sp³-hybridized carbons (Fsp3) is 0.125. The second kappa shape index (κ2) is 14.5. The molecule has 16 heteroatoms. The van der Waals surface area contributed by atoms with Crippen molar-refractivity contribution >= 4 is 79.6 Å². The molecule has 48 heavy (non-hydrogen) atoms. The SMILES string of the molecule is Nc1ccc2c(=O)n(CCc3ccc(Cl)cc3Cl)c(=O)[nH]c2c1.O=c1[nH]c2cc([N+](=O)[O-])ccc2c(=O)n1CCc1ccc(Cl)cc1Cl. The third-order valence-electron chi connectivity index (χ3n) is 7.42. The molecule has 0 bridgehead atoms. The quantitative estimate of drug-likeness (QED) is 0.103. The maximum atomic E-state index is 12.5. The average Bonchev–Trinajstić information content (AvgIpc) is 3.02. The van der Waals surface area contributed by atoms with Gasteiger partial charge in [0.25, 0.3) is 16.8 Å². The Kier molecular flexibility index (Phi) is 10.4. The summed E-state index contributed by atoms with van der Waals surface area (Å²) in [4.78, 5) is 64.7. The maximum absolute atomic E-state index is 12.5. The number of hydrogen-bond donors (Lipinski definition) is 3. The standard InChI is InChI=1S/C16H11Cl2N3O4.C16H13Cl2N3O2/c17-10-2-1-9(13(18)7-10)5-6-20-15(22)12-4-3-11(21(24)25)8-14(12)19-16(20)23;17-10-2-1-9(13(18)7-10)5-6-21-15(22)12-4-3-11(19)8-14(12)20-16(21)23/h1-4,7-8H,5-6H2,(H,19,23);1-4,7-8H,5-6,19H2,(H,20,23). The van der Waals surface area contributed by atoms with Gasteiger partial charge in [-0.15, -0.1) is 0 Å². The van der Waals surface area contributed by atoms with Crippen LogP contribution in [0, 0.1) is 10.1 Å². The number of nitrogens with two attached hydrogens (primary N) is 1. The number of nitrogen functional groups attached to an aromatic ring is 1. The van der Waals surface area contributed by atoms with Crippen LogP contribution in [0.2, 0.25) is 20.1 Å². The molecule has 12 nitrogen and oxygen atoms in total. The lowest BCUT2D eigenvalue weighted by Gasteiger charge is -2.08. The minimum Gasteiger partial charge on any atom is -0.399 e. The summed E-state index contributed by atoms with van der Waals surface area (Å²) in [6.07, 6.45) is 0.803. The monoisotopic (exact) mass is 728 g/mol. The van der Waals surface area contributed by atoms with Crippen LogP contribution in [-0.2, 0) is 25.9 Å². The molecular weight excluding hydrogens is 706 g/mol. The van der Waals surface area contributed by atoms with Gasteiger partial charge in [0.2, 0.25) is 0 Å². The Bertz CT molecular complexity index is 2450. The van der Waals surface area contributed by atoms with Gasteiger partial charge in [-0.2, -0.15) is 0 Å². The molecule has 6 aromatic rings. The number of aromatic nitrogens is 4. The van der Waals surface area contributed by atoms with E-state index in [0.29, 0.717) is 49.5 Å². The Hall–Kier alpha value is -4.88. The number of nitro benzene ring substituents is 1. The van der Waals surface area contributed by atoms with E-state index in [1.165, 1.54) is 18.2 Å². The number of nitrogens with zero attached hydrogens (tertiary/aromatic N) is 3. The first-order valence-electron chi connectivity index (χ1n) is 14.1. The highest BCUT2D eigenvalue weighted by Crippen LogP contribution is 2.23. The molecule has 0 aliphatic rings. The number of nitro groups is 1. The topological polar surface area (TPSA) is 179 Å². The summed E-state index contributed by atoms with van der Waals surface area (Å²) in [6, 6.07) is 18.7. The Morgan fingerprint density at radius 1 is 0.646 bits per heavy atom. The first kappa shape index (κ1) is 34.5. The van der Waals surface area contributed by atoms with Crippen LogP contribution in [-0.4, -0.2) is 24.0 Å². The zero-order valence-electron chi connectivity index (χ0n) is 24.6. The van der Waals surface area contributed by atoms with E-state index in [-0.39, 0.29) is 35.2 Å². The molecule has 0 atom stereocenters. The van der Waals surface area contributed by atoms with Crippen LogP contribution in [0.25, 0.3) is 21.8 Å². The second-order valence-corrected chi connectivity index (χ2v) is 12.2. The van der Waals surface area contributed by atoms with Crippen LogP contribution < -0.4 is 28.2 Å². The summed E-state index contributed by atoms with van der Waals surface area (Å²) in [6.45, 7) is 0.332. The normalized spacial score (nSPS) is 11.0. The molecular formula is C32H24Cl4N6O6. The Morgan fingerprint density at radius 3 is 1.56 bits per heavy atom. The summed E-state index contributed by atoms with van der Waals surface area (Å²) in [5.41, 5.74) is 6.11. The Morgan fingerprint density at radius 2 is 1.10 bits per heavy atom. The summed E-state index contributed by atoms with van der Waals surface area (Å²) < 4.78 is 2.20. The van der Waals surface area contributed by atoms with Gasteiger partial charge in [0.15, 0.2) is 0 Å². The van der Waals surface area contributed by atoms with Crippen LogP contribution in [0.15, 0.2) is 92.0 Å². The molecule has 0 saturated heterocycles. The summed E-state index contributed by atoms with van der Waals surface area (Å²) >= 11 is 23.9. The van der Waals surface area contributed by atoms with Crippen LogP contribution in [0.5, 0.6) is 0 Å². The lowest BCUT2D eigenvalue weighted by Crippen LogP contribution is -2.35. The molecule has 0 radical (unpaired) electrons. The van der Waals surface area contributed by atoms with Crippen molar-refractivity contribution in [2.24, 2.45) is 0 Å². The van der Waals surface area contributed by atoms with Gasteiger partial charge >= 0.3 is 11.4 Å². The minimum absolute atomic E-state index is 0.114. The van der Waals surface area contributed by atoms with Gasteiger partial charge in [-0.3, -0.25) is 28.8 Å². The Labute approximate surface area is 290 Å². The van der Waals surface area contributed by atoms with E-state index in [0.717, 1.165) is 20.3 Å². The second-order valence-electron chi connectivity index (χ2n) is 10.5.